The standard InChI is InChI=1S/C16H20N4O2S/c1-11(16-18-12-5-3-4-6-13(12)23-16)19(2)15(22)10-20-8-7-17-14(21)9-20/h3-6,11H,7-10H2,1-2H3,(H,17,21)/p+1/t11-/m0/s1. The first-order chi connectivity index (χ1) is 11.0. The Balaban J connectivity index is 1.67. The third kappa shape index (κ3) is 3.51. The van der Waals surface area contributed by atoms with Gasteiger partial charge in [-0.1, -0.05) is 12.1 Å². The van der Waals surface area contributed by atoms with Gasteiger partial charge in [-0.15, -0.1) is 11.3 Å². The number of hydrogen-bond donors (Lipinski definition) is 2. The average Bonchev–Trinajstić information content (AvgIpc) is 2.97. The van der Waals surface area contributed by atoms with Crippen molar-refractivity contribution in [1.29, 1.82) is 0 Å². The quantitative estimate of drug-likeness (QED) is 0.816. The molecule has 2 N–H and O–H groups in total. The van der Waals surface area contributed by atoms with E-state index in [1.165, 1.54) is 0 Å². The molecule has 0 saturated carbocycles. The summed E-state index contributed by atoms with van der Waals surface area (Å²) in [5.41, 5.74) is 0.971. The van der Waals surface area contributed by atoms with Crippen molar-refractivity contribution >= 4 is 33.4 Å². The van der Waals surface area contributed by atoms with Crippen LogP contribution >= 0.6 is 11.3 Å². The van der Waals surface area contributed by atoms with Gasteiger partial charge in [0.2, 0.25) is 0 Å². The fourth-order valence-electron chi connectivity index (χ4n) is 2.70. The molecule has 23 heavy (non-hydrogen) atoms. The Kier molecular flexibility index (Phi) is 4.58. The highest BCUT2D eigenvalue weighted by Gasteiger charge is 2.27. The number of para-hydroxylation sites is 1. The van der Waals surface area contributed by atoms with Crippen molar-refractivity contribution in [2.24, 2.45) is 0 Å². The molecule has 2 aromatic rings. The third-order valence-corrected chi connectivity index (χ3v) is 5.46. The number of nitrogens with zero attached hydrogens (tertiary/aromatic N) is 2. The highest BCUT2D eigenvalue weighted by Crippen LogP contribution is 2.28. The number of carbonyl (C=O) groups excluding carboxylic acids is 2. The molecule has 1 aromatic carbocycles. The van der Waals surface area contributed by atoms with Gasteiger partial charge in [0, 0.05) is 7.05 Å². The highest BCUT2D eigenvalue weighted by atomic mass is 32.1. The second-order valence-corrected chi connectivity index (χ2v) is 6.97. The van der Waals surface area contributed by atoms with Crippen LogP contribution in [0.4, 0.5) is 0 Å². The highest BCUT2D eigenvalue weighted by molar-refractivity contribution is 7.18. The zero-order valence-corrected chi connectivity index (χ0v) is 14.2. The topological polar surface area (TPSA) is 66.7 Å². The van der Waals surface area contributed by atoms with E-state index in [2.05, 4.69) is 10.3 Å². The Bertz CT molecular complexity index is 697. The molecule has 2 heterocycles. The SMILES string of the molecule is C[C@@H](c1nc2ccccc2s1)N(C)C(=O)C[NH+]1CCNC(=O)C1. The number of benzene rings is 1. The largest absolute Gasteiger partial charge is 0.346 e. The number of rotatable bonds is 4. The number of fused-ring (bicyclic) bond motifs is 1. The number of nitrogens with one attached hydrogen (secondary N) is 2. The predicted molar refractivity (Wildman–Crippen MR) is 89.4 cm³/mol. The number of amides is 2. The van der Waals surface area contributed by atoms with Gasteiger partial charge >= 0.3 is 0 Å². The van der Waals surface area contributed by atoms with Crippen LogP contribution in [0, 0.1) is 0 Å². The van der Waals surface area contributed by atoms with E-state index in [-0.39, 0.29) is 17.9 Å². The Morgan fingerprint density at radius 3 is 3.00 bits per heavy atom. The number of piperazine rings is 1. The van der Waals surface area contributed by atoms with Gasteiger partial charge in [0.25, 0.3) is 11.8 Å². The molecule has 0 bridgehead atoms. The van der Waals surface area contributed by atoms with E-state index in [0.717, 1.165) is 26.7 Å². The van der Waals surface area contributed by atoms with Crippen molar-refractivity contribution < 1.29 is 14.5 Å². The van der Waals surface area contributed by atoms with Crippen LogP contribution in [0.2, 0.25) is 0 Å². The molecule has 6 nitrogen and oxygen atoms in total. The molecule has 1 saturated heterocycles. The van der Waals surface area contributed by atoms with E-state index in [1.54, 1.807) is 16.2 Å². The first-order valence-electron chi connectivity index (χ1n) is 7.76. The lowest BCUT2D eigenvalue weighted by Gasteiger charge is -2.27. The van der Waals surface area contributed by atoms with Crippen molar-refractivity contribution in [2.75, 3.05) is 33.2 Å². The number of hydrogen-bond acceptors (Lipinski definition) is 4. The Hall–Kier alpha value is -1.99. The minimum Gasteiger partial charge on any atom is -0.346 e. The van der Waals surface area contributed by atoms with Crippen LogP contribution in [-0.2, 0) is 9.59 Å². The monoisotopic (exact) mass is 333 g/mol. The van der Waals surface area contributed by atoms with Gasteiger partial charge in [0.15, 0.2) is 13.1 Å². The lowest BCUT2D eigenvalue weighted by atomic mass is 10.3. The lowest BCUT2D eigenvalue weighted by molar-refractivity contribution is -0.885. The molecule has 1 aromatic heterocycles. The molecule has 0 radical (unpaired) electrons. The molecule has 7 heteroatoms. The summed E-state index contributed by atoms with van der Waals surface area (Å²) in [6, 6.07) is 7.92. The molecular weight excluding hydrogens is 312 g/mol. The molecule has 0 aliphatic carbocycles. The second-order valence-electron chi connectivity index (χ2n) is 5.90. The summed E-state index contributed by atoms with van der Waals surface area (Å²) < 4.78 is 1.13. The lowest BCUT2D eigenvalue weighted by Crippen LogP contribution is -3.16. The maximum atomic E-state index is 12.5. The molecular formula is C16H21N4O2S+. The zero-order chi connectivity index (χ0) is 16.4. The van der Waals surface area contributed by atoms with E-state index in [4.69, 9.17) is 0 Å². The van der Waals surface area contributed by atoms with Crippen molar-refractivity contribution in [1.82, 2.24) is 15.2 Å². The Morgan fingerprint density at radius 1 is 1.48 bits per heavy atom. The maximum absolute atomic E-state index is 12.5. The summed E-state index contributed by atoms with van der Waals surface area (Å²) in [7, 11) is 1.81. The van der Waals surface area contributed by atoms with E-state index < -0.39 is 0 Å². The van der Waals surface area contributed by atoms with Gasteiger partial charge in [0.05, 0.1) is 29.3 Å². The van der Waals surface area contributed by atoms with E-state index in [0.29, 0.717) is 19.6 Å². The Labute approximate surface area is 139 Å². The van der Waals surface area contributed by atoms with Crippen LogP contribution in [0.15, 0.2) is 24.3 Å². The third-order valence-electron chi connectivity index (χ3n) is 4.25. The number of carbonyl (C=O) groups is 2. The van der Waals surface area contributed by atoms with Crippen molar-refractivity contribution in [3.63, 3.8) is 0 Å². The normalized spacial score (nSPS) is 19.4. The summed E-state index contributed by atoms with van der Waals surface area (Å²) in [6.45, 7) is 4.14. The van der Waals surface area contributed by atoms with Crippen LogP contribution in [0.25, 0.3) is 10.2 Å². The van der Waals surface area contributed by atoms with Crippen LogP contribution < -0.4 is 10.2 Å². The summed E-state index contributed by atoms with van der Waals surface area (Å²) in [6.07, 6.45) is 0. The molecule has 1 aliphatic rings. The summed E-state index contributed by atoms with van der Waals surface area (Å²) >= 11 is 1.62. The molecule has 1 aliphatic heterocycles. The van der Waals surface area contributed by atoms with Crippen LogP contribution in [-0.4, -0.2) is 54.9 Å². The predicted octanol–water partition coefficient (Wildman–Crippen LogP) is -0.170. The second kappa shape index (κ2) is 6.64. The first kappa shape index (κ1) is 15.9. The molecule has 2 amide bonds. The van der Waals surface area contributed by atoms with Gasteiger partial charge in [-0.3, -0.25) is 9.59 Å². The van der Waals surface area contributed by atoms with Crippen LogP contribution in [0.3, 0.4) is 0 Å². The number of thiazole rings is 1. The summed E-state index contributed by atoms with van der Waals surface area (Å²) in [5.74, 6) is 0.0578. The van der Waals surface area contributed by atoms with Gasteiger partial charge in [-0.05, 0) is 19.1 Å². The number of quaternary nitrogens is 1. The smallest absolute Gasteiger partial charge is 0.278 e. The molecule has 1 unspecified atom stereocenters. The van der Waals surface area contributed by atoms with E-state index in [9.17, 15) is 9.59 Å². The average molecular weight is 333 g/mol. The Morgan fingerprint density at radius 2 is 2.26 bits per heavy atom. The number of likely N-dealkylation sites (N-methyl/N-ethyl adjacent to an activating group) is 1. The van der Waals surface area contributed by atoms with E-state index in [1.807, 2.05) is 38.2 Å². The van der Waals surface area contributed by atoms with E-state index >= 15 is 0 Å². The first-order valence-corrected chi connectivity index (χ1v) is 8.57. The minimum absolute atomic E-state index is 0.0147. The zero-order valence-electron chi connectivity index (χ0n) is 13.3. The summed E-state index contributed by atoms with van der Waals surface area (Å²) in [5, 5.41) is 3.72. The van der Waals surface area contributed by atoms with Crippen LogP contribution in [0.5, 0.6) is 0 Å². The molecule has 3 rings (SSSR count). The van der Waals surface area contributed by atoms with Crippen molar-refractivity contribution in [2.45, 2.75) is 13.0 Å². The summed E-state index contributed by atoms with van der Waals surface area (Å²) in [4.78, 5) is 31.3. The van der Waals surface area contributed by atoms with Gasteiger partial charge < -0.3 is 15.1 Å². The molecule has 122 valence electrons. The fourth-order valence-corrected chi connectivity index (χ4v) is 3.76. The fraction of sp³-hybridized carbons (Fsp3) is 0.438. The number of aromatic nitrogens is 1. The van der Waals surface area contributed by atoms with Crippen LogP contribution in [0.1, 0.15) is 18.0 Å². The molecule has 2 atom stereocenters. The van der Waals surface area contributed by atoms with Gasteiger partial charge in [-0.25, -0.2) is 4.98 Å². The van der Waals surface area contributed by atoms with Crippen molar-refractivity contribution in [3.8, 4) is 0 Å². The van der Waals surface area contributed by atoms with Gasteiger partial charge in [-0.2, -0.15) is 0 Å². The minimum atomic E-state index is -0.0714. The van der Waals surface area contributed by atoms with Gasteiger partial charge in [0.1, 0.15) is 5.01 Å². The van der Waals surface area contributed by atoms with Crippen molar-refractivity contribution in [3.05, 3.63) is 29.3 Å². The molecule has 1 fully saturated rings. The maximum Gasteiger partial charge on any atom is 0.278 e. The molecule has 0 spiro atoms.